The molecule has 0 radical (unpaired) electrons. The highest BCUT2D eigenvalue weighted by molar-refractivity contribution is 6.22. The maximum Gasteiger partial charge on any atom is 0.312 e. The Morgan fingerprint density at radius 2 is 1.64 bits per heavy atom. The third kappa shape index (κ3) is 8.72. The van der Waals surface area contributed by atoms with Crippen LogP contribution in [0.1, 0.15) is 71.3 Å². The highest BCUT2D eigenvalue weighted by atomic mass is 16.7. The number of aliphatic hydroxyl groups excluding tert-OH is 3. The van der Waals surface area contributed by atoms with Gasteiger partial charge >= 0.3 is 11.8 Å². The van der Waals surface area contributed by atoms with E-state index in [1.165, 1.54) is 46.1 Å². The van der Waals surface area contributed by atoms with Crippen LogP contribution < -0.4 is 20.4 Å². The number of amides is 1. The molecule has 0 spiro atoms. The number of nitrogens with zero attached hydrogens (tertiary/aromatic N) is 3. The molecule has 6 N–H and O–H groups in total. The predicted octanol–water partition coefficient (Wildman–Crippen LogP) is 5.39. The van der Waals surface area contributed by atoms with E-state index in [0.717, 1.165) is 0 Å². The summed E-state index contributed by atoms with van der Waals surface area (Å²) in [7, 11) is 0. The average molecular weight is 913 g/mol. The van der Waals surface area contributed by atoms with E-state index in [2.05, 4.69) is 10.2 Å². The van der Waals surface area contributed by atoms with Crippen molar-refractivity contribution in [2.75, 3.05) is 49.5 Å². The van der Waals surface area contributed by atoms with E-state index in [9.17, 15) is 44.7 Å². The molecule has 2 aromatic carbocycles. The number of esters is 1. The fourth-order valence-corrected chi connectivity index (χ4v) is 9.29. The summed E-state index contributed by atoms with van der Waals surface area (Å²) < 4.78 is 24.6. The van der Waals surface area contributed by atoms with Crippen LogP contribution in [0.4, 0.5) is 11.4 Å². The molecule has 1 fully saturated rings. The van der Waals surface area contributed by atoms with Crippen LogP contribution in [0.25, 0.3) is 33.3 Å². The molecule has 0 unspecified atom stereocenters. The van der Waals surface area contributed by atoms with Crippen molar-refractivity contribution in [3.8, 4) is 28.7 Å². The summed E-state index contributed by atoms with van der Waals surface area (Å²) in [6.07, 6.45) is 4.72. The number of Topliss-reactive ketones (excluding diaryl/α,β-unsaturated/α-hetero) is 1. The Balaban J connectivity index is 1.42. The number of aliphatic hydroxyl groups is 3. The number of ketones is 1. The van der Waals surface area contributed by atoms with Crippen molar-refractivity contribution in [3.05, 3.63) is 69.6 Å². The number of anilines is 2. The van der Waals surface area contributed by atoms with Crippen LogP contribution in [0.15, 0.2) is 57.5 Å². The van der Waals surface area contributed by atoms with Gasteiger partial charge in [0.15, 0.2) is 11.3 Å². The van der Waals surface area contributed by atoms with Crippen LogP contribution in [-0.4, -0.2) is 117 Å². The Labute approximate surface area is 382 Å². The zero-order chi connectivity index (χ0) is 48.1. The van der Waals surface area contributed by atoms with Gasteiger partial charge in [0, 0.05) is 98.7 Å². The Hall–Kier alpha value is -6.01. The Morgan fingerprint density at radius 1 is 0.939 bits per heavy atom. The minimum Gasteiger partial charge on any atom is -0.507 e. The molecular formula is C49H60N4O13. The van der Waals surface area contributed by atoms with E-state index < -0.39 is 76.6 Å². The molecule has 17 nitrogen and oxygen atoms in total. The first-order chi connectivity index (χ1) is 31.2. The van der Waals surface area contributed by atoms with Crippen molar-refractivity contribution in [2.24, 2.45) is 29.6 Å². The van der Waals surface area contributed by atoms with Gasteiger partial charge in [0.1, 0.15) is 40.3 Å². The lowest BCUT2D eigenvalue weighted by Crippen LogP contribution is -2.47. The second-order valence-electron chi connectivity index (χ2n) is 18.3. The van der Waals surface area contributed by atoms with Gasteiger partial charge in [-0.2, -0.15) is 0 Å². The number of rotatable bonds is 4. The first-order valence-corrected chi connectivity index (χ1v) is 22.4. The van der Waals surface area contributed by atoms with Crippen molar-refractivity contribution in [3.63, 3.8) is 0 Å². The number of carbonyl (C=O) groups excluding carboxylic acids is 3. The number of β-amino-alcohol motifs (C(OH)–C–C–N with tert-alkyl or cyclic N) is 1. The molecule has 0 aromatic heterocycles. The smallest absolute Gasteiger partial charge is 0.312 e. The van der Waals surface area contributed by atoms with Crippen molar-refractivity contribution < 1.29 is 58.5 Å². The van der Waals surface area contributed by atoms with Gasteiger partial charge in [-0.1, -0.05) is 52.8 Å². The van der Waals surface area contributed by atoms with Gasteiger partial charge in [-0.15, -0.1) is 0 Å². The third-order valence-electron chi connectivity index (χ3n) is 13.7. The number of ether oxygens (including phenoxy) is 3. The fraction of sp³-hybridized carbons (Fsp3) is 0.490. The summed E-state index contributed by atoms with van der Waals surface area (Å²) >= 11 is 0. The normalized spacial score (nSPS) is 29.9. The highest BCUT2D eigenvalue weighted by Gasteiger charge is 2.50. The summed E-state index contributed by atoms with van der Waals surface area (Å²) in [5, 5.41) is 57.9. The van der Waals surface area contributed by atoms with Gasteiger partial charge in [0.05, 0.1) is 36.0 Å². The topological polar surface area (TPSA) is 242 Å². The van der Waals surface area contributed by atoms with Crippen LogP contribution >= 0.6 is 0 Å². The van der Waals surface area contributed by atoms with Crippen LogP contribution in [0.2, 0.25) is 0 Å². The number of phenols is 2. The largest absolute Gasteiger partial charge is 0.507 e. The van der Waals surface area contributed by atoms with Gasteiger partial charge in [-0.05, 0) is 31.8 Å². The highest BCUT2D eigenvalue weighted by Crippen LogP contribution is 2.51. The van der Waals surface area contributed by atoms with Crippen molar-refractivity contribution in [1.29, 1.82) is 0 Å². The Morgan fingerprint density at radius 3 is 2.30 bits per heavy atom. The van der Waals surface area contributed by atoms with E-state index in [4.69, 9.17) is 23.6 Å². The zero-order valence-electron chi connectivity index (χ0n) is 38.7. The van der Waals surface area contributed by atoms with Crippen LogP contribution in [0, 0.1) is 36.5 Å². The second kappa shape index (κ2) is 18.7. The standard InChI is InChI=1S/C49H60N4O13/c1-23-13-20-63-49(9)47(61)36-34-35(42(59)29(7)45(36)66-49)43(60)39(46-38(34)50-37-32(56)21-31(22-33(37)65-46)53-16-14-52(15-17-53)18-19-54)51-48(62)25(3)12-10-11-24(2)40(57)27(5)41(58)28(6)44(26(23)4)64-30(8)55/h10-13,20-24,26-28,40-41,44,54,56-59H,14-19H2,1-9H3,(H,51,62)/b11-10+,20-13+,25-12-/t23-,24-,26+,27+,28+,40-,41+,44+,49-/m0/s1. The number of nitrogens with one attached hydrogen (secondary N) is 1. The van der Waals surface area contributed by atoms with Crippen molar-refractivity contribution in [2.45, 2.75) is 86.4 Å². The lowest BCUT2D eigenvalue weighted by molar-refractivity contribution is -0.158. The zero-order valence-corrected chi connectivity index (χ0v) is 38.7. The summed E-state index contributed by atoms with van der Waals surface area (Å²) in [5.41, 5.74) is -0.750. The van der Waals surface area contributed by atoms with E-state index in [1.807, 2.05) is 18.7 Å². The number of carbonyl (C=O) groups is 3. The number of benzene rings is 3. The van der Waals surface area contributed by atoms with Gasteiger partial charge in [0.2, 0.25) is 5.43 Å². The number of allylic oxidation sites excluding steroid dienone is 3. The molecular weight excluding hydrogens is 853 g/mol. The third-order valence-corrected chi connectivity index (χ3v) is 13.7. The first kappa shape index (κ1) is 47.9. The number of fused-ring (bicyclic) bond motifs is 14. The molecule has 8 rings (SSSR count). The van der Waals surface area contributed by atoms with Crippen molar-refractivity contribution >= 4 is 50.9 Å². The molecule has 6 aliphatic rings. The lowest BCUT2D eigenvalue weighted by Gasteiger charge is -2.37. The van der Waals surface area contributed by atoms with Gasteiger partial charge in [-0.3, -0.25) is 24.1 Å². The lowest BCUT2D eigenvalue weighted by atomic mass is 9.77. The predicted molar refractivity (Wildman–Crippen MR) is 247 cm³/mol. The molecule has 1 aliphatic carbocycles. The van der Waals surface area contributed by atoms with Gasteiger partial charge < -0.3 is 54.4 Å². The van der Waals surface area contributed by atoms with E-state index in [0.29, 0.717) is 38.4 Å². The van der Waals surface area contributed by atoms with E-state index in [1.54, 1.807) is 45.1 Å². The first-order valence-electron chi connectivity index (χ1n) is 22.4. The molecule has 5 heterocycles. The number of aromatic hydroxyl groups is 2. The van der Waals surface area contributed by atoms with E-state index >= 15 is 0 Å². The number of hydrogen-bond acceptors (Lipinski definition) is 16. The number of aromatic nitrogens is 1. The number of piperazine rings is 1. The summed E-state index contributed by atoms with van der Waals surface area (Å²) in [4.78, 5) is 64.9. The quantitative estimate of drug-likeness (QED) is 0.0854. The summed E-state index contributed by atoms with van der Waals surface area (Å²) in [6.45, 7) is 17.6. The molecule has 1 amide bonds. The van der Waals surface area contributed by atoms with Crippen LogP contribution in [-0.2, 0) is 19.1 Å². The molecule has 2 aromatic rings. The molecule has 9 atom stereocenters. The molecule has 5 bridgehead atoms. The maximum absolute atomic E-state index is 14.8. The Kier molecular flexibility index (Phi) is 13.6. The molecule has 17 heteroatoms. The monoisotopic (exact) mass is 912 g/mol. The summed E-state index contributed by atoms with van der Waals surface area (Å²) in [6, 6.07) is 3.19. The van der Waals surface area contributed by atoms with Gasteiger partial charge in [0.25, 0.3) is 11.7 Å². The Bertz CT molecular complexity index is 2680. The van der Waals surface area contributed by atoms with Gasteiger partial charge in [-0.25, -0.2) is 4.98 Å². The fourth-order valence-electron chi connectivity index (χ4n) is 9.29. The maximum atomic E-state index is 14.8. The van der Waals surface area contributed by atoms with Crippen LogP contribution in [0.3, 0.4) is 0 Å². The molecule has 0 saturated carbocycles. The number of phenolic OH excluding ortho intramolecular Hbond substituents is 2. The minimum absolute atomic E-state index is 0.0264. The van der Waals surface area contributed by atoms with Crippen molar-refractivity contribution in [1.82, 2.24) is 9.88 Å². The minimum atomic E-state index is -2.04. The molecule has 5 aliphatic heterocycles. The average Bonchev–Trinajstić information content (AvgIpc) is 3.55. The number of hydrogen-bond donors (Lipinski definition) is 6. The summed E-state index contributed by atoms with van der Waals surface area (Å²) in [5.74, 6) is -7.79. The molecule has 66 heavy (non-hydrogen) atoms. The molecule has 1 saturated heterocycles. The molecule has 354 valence electrons. The van der Waals surface area contributed by atoms with Crippen LogP contribution in [0.5, 0.6) is 17.2 Å². The second-order valence-corrected chi connectivity index (χ2v) is 18.3. The SMILES string of the molecule is CC(=O)O[C@H]1[C@H](C)[C@H](O)[C@H](C)[C@@H](O)[C@@H](C)/C=C/C=C(/C)C(=O)Nc2c3oc4cc(N5CCN(CCO)CC5)cc(O)c4nc-3c3c4c(c(C)c(O)c3c2=O)O[C@](C)(O/C=C/[C@H](C)[C@H]1C)C4=O. The van der Waals surface area contributed by atoms with E-state index in [-0.39, 0.29) is 79.7 Å².